The summed E-state index contributed by atoms with van der Waals surface area (Å²) in [6.45, 7) is 3.17. The molecular weight excluding hydrogens is 374 g/mol. The lowest BCUT2D eigenvalue weighted by molar-refractivity contribution is -0.132. The summed E-state index contributed by atoms with van der Waals surface area (Å²) in [5.41, 5.74) is 2.24. The molecule has 1 amide bonds. The number of benzene rings is 3. The Hall–Kier alpha value is -3.27. The summed E-state index contributed by atoms with van der Waals surface area (Å²) in [7, 11) is 1.64. The molecule has 0 unspecified atom stereocenters. The number of nitrogens with zero attached hydrogens (tertiary/aromatic N) is 1. The summed E-state index contributed by atoms with van der Waals surface area (Å²) in [6.07, 6.45) is 1.11. The van der Waals surface area contributed by atoms with Gasteiger partial charge in [0.05, 0.1) is 19.8 Å². The van der Waals surface area contributed by atoms with Crippen molar-refractivity contribution < 1.29 is 14.3 Å². The Kier molecular flexibility index (Phi) is 7.90. The van der Waals surface area contributed by atoms with Crippen LogP contribution in [0.5, 0.6) is 11.5 Å². The molecule has 0 aromatic heterocycles. The molecule has 0 spiro atoms. The standard InChI is InChI=1S/C26H29NO3/c1-3-27(25(28)15-10-20-30-24-18-16-23(29-2)17-19-24)26(21-11-6-4-7-12-21)22-13-8-5-9-14-22/h4-9,11-14,16-19,26H,3,10,15,20H2,1-2H3. The molecule has 0 radical (unpaired) electrons. The highest BCUT2D eigenvalue weighted by atomic mass is 16.5. The van der Waals surface area contributed by atoms with Gasteiger partial charge < -0.3 is 14.4 Å². The Bertz CT molecular complexity index is 855. The zero-order valence-corrected chi connectivity index (χ0v) is 17.7. The Morgan fingerprint density at radius 3 is 1.87 bits per heavy atom. The van der Waals surface area contributed by atoms with Crippen molar-refractivity contribution in [2.24, 2.45) is 0 Å². The van der Waals surface area contributed by atoms with Gasteiger partial charge in [0.25, 0.3) is 0 Å². The number of amides is 1. The molecule has 0 aliphatic heterocycles. The lowest BCUT2D eigenvalue weighted by Gasteiger charge is -2.32. The first-order valence-corrected chi connectivity index (χ1v) is 10.4. The van der Waals surface area contributed by atoms with Gasteiger partial charge in [0.1, 0.15) is 11.5 Å². The van der Waals surface area contributed by atoms with E-state index in [1.165, 1.54) is 0 Å². The van der Waals surface area contributed by atoms with E-state index in [1.807, 2.05) is 72.5 Å². The molecule has 0 aliphatic carbocycles. The maximum absolute atomic E-state index is 13.1. The van der Waals surface area contributed by atoms with Crippen molar-refractivity contribution in [2.45, 2.75) is 25.8 Å². The van der Waals surface area contributed by atoms with Crippen LogP contribution in [0.15, 0.2) is 84.9 Å². The number of methoxy groups -OCH3 is 1. The first-order valence-electron chi connectivity index (χ1n) is 10.4. The summed E-state index contributed by atoms with van der Waals surface area (Å²) in [4.78, 5) is 15.1. The van der Waals surface area contributed by atoms with Gasteiger partial charge in [-0.15, -0.1) is 0 Å². The van der Waals surface area contributed by atoms with Crippen LogP contribution >= 0.6 is 0 Å². The van der Waals surface area contributed by atoms with E-state index in [0.717, 1.165) is 22.6 Å². The SMILES string of the molecule is CCN(C(=O)CCCOc1ccc(OC)cc1)C(c1ccccc1)c1ccccc1. The zero-order valence-electron chi connectivity index (χ0n) is 17.7. The van der Waals surface area contributed by atoms with E-state index in [9.17, 15) is 4.79 Å². The minimum Gasteiger partial charge on any atom is -0.497 e. The Labute approximate surface area is 179 Å². The highest BCUT2D eigenvalue weighted by Gasteiger charge is 2.25. The van der Waals surface area contributed by atoms with Crippen LogP contribution in [-0.2, 0) is 4.79 Å². The number of ether oxygens (including phenoxy) is 2. The first-order chi connectivity index (χ1) is 14.7. The van der Waals surface area contributed by atoms with E-state index < -0.39 is 0 Å². The number of carbonyl (C=O) groups is 1. The molecule has 0 fully saturated rings. The molecule has 0 saturated heterocycles. The van der Waals surface area contributed by atoms with Crippen LogP contribution in [0, 0.1) is 0 Å². The summed E-state index contributed by atoms with van der Waals surface area (Å²) < 4.78 is 10.9. The van der Waals surface area contributed by atoms with E-state index in [4.69, 9.17) is 9.47 Å². The van der Waals surface area contributed by atoms with Crippen LogP contribution in [0.1, 0.15) is 36.9 Å². The van der Waals surface area contributed by atoms with Gasteiger partial charge in [0.15, 0.2) is 0 Å². The van der Waals surface area contributed by atoms with Gasteiger partial charge in [-0.3, -0.25) is 4.79 Å². The van der Waals surface area contributed by atoms with Gasteiger partial charge in [0, 0.05) is 13.0 Å². The van der Waals surface area contributed by atoms with Crippen molar-refractivity contribution in [3.05, 3.63) is 96.1 Å². The zero-order chi connectivity index (χ0) is 21.2. The van der Waals surface area contributed by atoms with Crippen molar-refractivity contribution in [1.82, 2.24) is 4.90 Å². The fraction of sp³-hybridized carbons (Fsp3) is 0.269. The highest BCUT2D eigenvalue weighted by molar-refractivity contribution is 5.77. The predicted molar refractivity (Wildman–Crippen MR) is 120 cm³/mol. The van der Waals surface area contributed by atoms with E-state index in [0.29, 0.717) is 26.0 Å². The molecule has 0 saturated carbocycles. The van der Waals surface area contributed by atoms with Crippen molar-refractivity contribution in [2.75, 3.05) is 20.3 Å². The minimum atomic E-state index is -0.0904. The summed E-state index contributed by atoms with van der Waals surface area (Å²) in [6, 6.07) is 27.8. The van der Waals surface area contributed by atoms with Crippen molar-refractivity contribution in [3.63, 3.8) is 0 Å². The third-order valence-corrected chi connectivity index (χ3v) is 5.07. The van der Waals surface area contributed by atoms with Gasteiger partial charge in [-0.1, -0.05) is 60.7 Å². The van der Waals surface area contributed by atoms with Gasteiger partial charge in [-0.05, 0) is 48.7 Å². The largest absolute Gasteiger partial charge is 0.497 e. The van der Waals surface area contributed by atoms with Crippen LogP contribution in [-0.4, -0.2) is 31.1 Å². The number of hydrogen-bond acceptors (Lipinski definition) is 3. The smallest absolute Gasteiger partial charge is 0.223 e. The lowest BCUT2D eigenvalue weighted by atomic mass is 9.96. The van der Waals surface area contributed by atoms with Crippen molar-refractivity contribution in [1.29, 1.82) is 0 Å². The van der Waals surface area contributed by atoms with E-state index >= 15 is 0 Å². The summed E-state index contributed by atoms with van der Waals surface area (Å²) in [5.74, 6) is 1.71. The normalized spacial score (nSPS) is 10.6. The van der Waals surface area contributed by atoms with Crippen LogP contribution in [0.3, 0.4) is 0 Å². The van der Waals surface area contributed by atoms with Gasteiger partial charge in [0.2, 0.25) is 5.91 Å². The molecule has 0 aliphatic rings. The average Bonchev–Trinajstić information content (AvgIpc) is 2.81. The van der Waals surface area contributed by atoms with Crippen LogP contribution in [0.25, 0.3) is 0 Å². The molecule has 0 heterocycles. The summed E-state index contributed by atoms with van der Waals surface area (Å²) >= 11 is 0. The lowest BCUT2D eigenvalue weighted by Crippen LogP contribution is -2.35. The second-order valence-electron chi connectivity index (χ2n) is 7.03. The molecule has 0 atom stereocenters. The second kappa shape index (κ2) is 11.1. The molecule has 3 aromatic rings. The molecular formula is C26H29NO3. The number of carbonyl (C=O) groups excluding carboxylic acids is 1. The van der Waals surface area contributed by atoms with Crippen molar-refractivity contribution >= 4 is 5.91 Å². The molecule has 156 valence electrons. The maximum Gasteiger partial charge on any atom is 0.223 e. The van der Waals surface area contributed by atoms with Crippen LogP contribution < -0.4 is 9.47 Å². The Balaban J connectivity index is 1.64. The van der Waals surface area contributed by atoms with Gasteiger partial charge in [-0.25, -0.2) is 0 Å². The quantitative estimate of drug-likeness (QED) is 0.420. The molecule has 0 N–H and O–H groups in total. The number of hydrogen-bond donors (Lipinski definition) is 0. The third-order valence-electron chi connectivity index (χ3n) is 5.07. The highest BCUT2D eigenvalue weighted by Crippen LogP contribution is 2.29. The number of rotatable bonds is 10. The minimum absolute atomic E-state index is 0.0904. The topological polar surface area (TPSA) is 38.8 Å². The van der Waals surface area contributed by atoms with Crippen molar-refractivity contribution in [3.8, 4) is 11.5 Å². The monoisotopic (exact) mass is 403 g/mol. The summed E-state index contributed by atoms with van der Waals surface area (Å²) in [5, 5.41) is 0. The fourth-order valence-electron chi connectivity index (χ4n) is 3.55. The van der Waals surface area contributed by atoms with Gasteiger partial charge >= 0.3 is 0 Å². The first kappa shape index (κ1) is 21.4. The van der Waals surface area contributed by atoms with E-state index in [1.54, 1.807) is 7.11 Å². The van der Waals surface area contributed by atoms with E-state index in [2.05, 4.69) is 24.3 Å². The average molecular weight is 404 g/mol. The molecule has 0 bridgehead atoms. The Morgan fingerprint density at radius 2 is 1.37 bits per heavy atom. The molecule has 4 nitrogen and oxygen atoms in total. The maximum atomic E-state index is 13.1. The Morgan fingerprint density at radius 1 is 0.833 bits per heavy atom. The third kappa shape index (κ3) is 5.63. The van der Waals surface area contributed by atoms with E-state index in [-0.39, 0.29) is 11.9 Å². The fourth-order valence-corrected chi connectivity index (χ4v) is 3.55. The van der Waals surface area contributed by atoms with Crippen LogP contribution in [0.4, 0.5) is 0 Å². The molecule has 4 heteroatoms. The van der Waals surface area contributed by atoms with Gasteiger partial charge in [-0.2, -0.15) is 0 Å². The second-order valence-corrected chi connectivity index (χ2v) is 7.03. The molecule has 3 rings (SSSR count). The molecule has 30 heavy (non-hydrogen) atoms. The van der Waals surface area contributed by atoms with Crippen LogP contribution in [0.2, 0.25) is 0 Å². The predicted octanol–water partition coefficient (Wildman–Crippen LogP) is 5.49. The molecule has 3 aromatic carbocycles.